The van der Waals surface area contributed by atoms with Crippen LogP contribution in [0.5, 0.6) is 0 Å². The number of ketones is 1. The summed E-state index contributed by atoms with van der Waals surface area (Å²) in [5.41, 5.74) is 3.85. The van der Waals surface area contributed by atoms with E-state index in [9.17, 15) is 4.79 Å². The van der Waals surface area contributed by atoms with Crippen LogP contribution in [-0.4, -0.2) is 15.6 Å². The van der Waals surface area contributed by atoms with E-state index in [1.165, 1.54) is 0 Å². The second-order valence-corrected chi connectivity index (χ2v) is 5.36. The fourth-order valence-electron chi connectivity index (χ4n) is 2.16. The minimum Gasteiger partial charge on any atom is -0.294 e. The zero-order chi connectivity index (χ0) is 14.0. The maximum Gasteiger partial charge on any atom is 0.168 e. The van der Waals surface area contributed by atoms with Crippen LogP contribution in [0.3, 0.4) is 0 Å². The molecule has 1 aromatic carbocycles. The van der Waals surface area contributed by atoms with Gasteiger partial charge in [0, 0.05) is 17.8 Å². The molecule has 0 saturated heterocycles. The first-order valence-electron chi connectivity index (χ1n) is 6.61. The highest BCUT2D eigenvalue weighted by Gasteiger charge is 2.11. The number of carbonyl (C=O) groups excluding carboxylic acids is 1. The highest BCUT2D eigenvalue weighted by atomic mass is 16.1. The van der Waals surface area contributed by atoms with Gasteiger partial charge in [-0.1, -0.05) is 17.2 Å². The predicted molar refractivity (Wildman–Crippen MR) is 76.6 cm³/mol. The third-order valence-electron chi connectivity index (χ3n) is 3.08. The molecule has 0 aliphatic carbocycles. The smallest absolute Gasteiger partial charge is 0.168 e. The van der Waals surface area contributed by atoms with E-state index >= 15 is 0 Å². The van der Waals surface area contributed by atoms with E-state index in [1.54, 1.807) is 0 Å². The zero-order valence-electron chi connectivity index (χ0n) is 12.0. The second-order valence-electron chi connectivity index (χ2n) is 5.36. The standard InChI is InChI=1S/C16H20N2O/c1-11(2)18-6-5-15(17-18)10-16(19)14-8-12(3)7-13(4)9-14/h5-9,11H,10H2,1-4H3. The Balaban J connectivity index is 2.15. The molecule has 0 aliphatic rings. The summed E-state index contributed by atoms with van der Waals surface area (Å²) < 4.78 is 1.88. The molecule has 2 rings (SSSR count). The van der Waals surface area contributed by atoms with Crippen molar-refractivity contribution in [2.24, 2.45) is 0 Å². The first-order valence-corrected chi connectivity index (χ1v) is 6.61. The summed E-state index contributed by atoms with van der Waals surface area (Å²) in [5, 5.41) is 4.42. The molecule has 19 heavy (non-hydrogen) atoms. The fraction of sp³-hybridized carbons (Fsp3) is 0.375. The van der Waals surface area contributed by atoms with Crippen molar-refractivity contribution in [1.29, 1.82) is 0 Å². The molecule has 0 spiro atoms. The molecule has 0 bridgehead atoms. The molecule has 0 N–H and O–H groups in total. The van der Waals surface area contributed by atoms with E-state index in [0.29, 0.717) is 12.5 Å². The first kappa shape index (κ1) is 13.5. The number of carbonyl (C=O) groups is 1. The number of benzene rings is 1. The van der Waals surface area contributed by atoms with Crippen LogP contribution in [-0.2, 0) is 6.42 Å². The van der Waals surface area contributed by atoms with Crippen LogP contribution in [0.1, 0.15) is 47.1 Å². The van der Waals surface area contributed by atoms with Gasteiger partial charge in [0.1, 0.15) is 0 Å². The van der Waals surface area contributed by atoms with Crippen LogP contribution < -0.4 is 0 Å². The number of Topliss-reactive ketones (excluding diaryl/α,β-unsaturated/α-hetero) is 1. The number of aromatic nitrogens is 2. The van der Waals surface area contributed by atoms with Crippen molar-refractivity contribution < 1.29 is 4.79 Å². The molecule has 0 aliphatic heterocycles. The van der Waals surface area contributed by atoms with Crippen molar-refractivity contribution in [3.8, 4) is 0 Å². The van der Waals surface area contributed by atoms with Crippen molar-refractivity contribution in [2.45, 2.75) is 40.2 Å². The molecule has 0 radical (unpaired) electrons. The molecule has 0 saturated carbocycles. The minimum atomic E-state index is 0.126. The average Bonchev–Trinajstić information content (AvgIpc) is 2.76. The van der Waals surface area contributed by atoms with Crippen molar-refractivity contribution >= 4 is 5.78 Å². The monoisotopic (exact) mass is 256 g/mol. The van der Waals surface area contributed by atoms with E-state index in [2.05, 4.69) is 25.0 Å². The van der Waals surface area contributed by atoms with Gasteiger partial charge in [-0.25, -0.2) is 0 Å². The Morgan fingerprint density at radius 3 is 2.37 bits per heavy atom. The predicted octanol–water partition coefficient (Wildman–Crippen LogP) is 3.51. The van der Waals surface area contributed by atoms with Crippen LogP contribution in [0.15, 0.2) is 30.5 Å². The van der Waals surface area contributed by atoms with Gasteiger partial charge in [0.15, 0.2) is 5.78 Å². The first-order chi connectivity index (χ1) is 8.95. The molecule has 3 heteroatoms. The van der Waals surface area contributed by atoms with Crippen LogP contribution in [0.4, 0.5) is 0 Å². The highest BCUT2D eigenvalue weighted by molar-refractivity contribution is 5.97. The summed E-state index contributed by atoms with van der Waals surface area (Å²) in [5.74, 6) is 0.126. The van der Waals surface area contributed by atoms with Crippen LogP contribution in [0.2, 0.25) is 0 Å². The zero-order valence-corrected chi connectivity index (χ0v) is 12.0. The minimum absolute atomic E-state index is 0.126. The average molecular weight is 256 g/mol. The molecule has 1 heterocycles. The van der Waals surface area contributed by atoms with Gasteiger partial charge in [-0.3, -0.25) is 9.48 Å². The molecule has 2 aromatic rings. The van der Waals surface area contributed by atoms with E-state index in [0.717, 1.165) is 22.4 Å². The van der Waals surface area contributed by atoms with E-state index in [4.69, 9.17) is 0 Å². The summed E-state index contributed by atoms with van der Waals surface area (Å²) >= 11 is 0. The molecule has 0 atom stereocenters. The Morgan fingerprint density at radius 2 is 1.84 bits per heavy atom. The van der Waals surface area contributed by atoms with Crippen LogP contribution in [0.25, 0.3) is 0 Å². The number of rotatable bonds is 4. The molecule has 1 aromatic heterocycles. The lowest BCUT2D eigenvalue weighted by Gasteiger charge is -2.05. The summed E-state index contributed by atoms with van der Waals surface area (Å²) in [7, 11) is 0. The molecular formula is C16H20N2O. The van der Waals surface area contributed by atoms with Gasteiger partial charge in [0.05, 0.1) is 12.1 Å². The van der Waals surface area contributed by atoms with Gasteiger partial charge in [0.2, 0.25) is 0 Å². The summed E-state index contributed by atoms with van der Waals surface area (Å²) in [6.45, 7) is 8.17. The third kappa shape index (κ3) is 3.31. The highest BCUT2D eigenvalue weighted by Crippen LogP contribution is 2.12. The van der Waals surface area contributed by atoms with Crippen molar-refractivity contribution in [3.63, 3.8) is 0 Å². The van der Waals surface area contributed by atoms with Crippen molar-refractivity contribution in [1.82, 2.24) is 9.78 Å². The Morgan fingerprint density at radius 1 is 1.21 bits per heavy atom. The maximum absolute atomic E-state index is 12.2. The largest absolute Gasteiger partial charge is 0.294 e. The Labute approximate surface area is 114 Å². The normalized spacial score (nSPS) is 11.0. The van der Waals surface area contributed by atoms with Crippen molar-refractivity contribution in [2.75, 3.05) is 0 Å². The van der Waals surface area contributed by atoms with Gasteiger partial charge in [-0.15, -0.1) is 0 Å². The van der Waals surface area contributed by atoms with Crippen molar-refractivity contribution in [3.05, 3.63) is 52.8 Å². The Bertz CT molecular complexity index is 576. The lowest BCUT2D eigenvalue weighted by atomic mass is 10.0. The van der Waals surface area contributed by atoms with Gasteiger partial charge in [-0.05, 0) is 45.9 Å². The van der Waals surface area contributed by atoms with Crippen LogP contribution >= 0.6 is 0 Å². The molecule has 0 unspecified atom stereocenters. The molecule has 0 fully saturated rings. The summed E-state index contributed by atoms with van der Waals surface area (Å²) in [6, 6.07) is 8.19. The third-order valence-corrected chi connectivity index (χ3v) is 3.08. The number of nitrogens with zero attached hydrogens (tertiary/aromatic N) is 2. The van der Waals surface area contributed by atoms with Gasteiger partial charge < -0.3 is 0 Å². The van der Waals surface area contributed by atoms with E-state index < -0.39 is 0 Å². The van der Waals surface area contributed by atoms with Crippen LogP contribution in [0, 0.1) is 13.8 Å². The topological polar surface area (TPSA) is 34.9 Å². The maximum atomic E-state index is 12.2. The van der Waals surface area contributed by atoms with E-state index in [1.807, 2.05) is 42.9 Å². The van der Waals surface area contributed by atoms with E-state index in [-0.39, 0.29) is 5.78 Å². The second kappa shape index (κ2) is 5.39. The lowest BCUT2D eigenvalue weighted by molar-refractivity contribution is 0.0991. The summed E-state index contributed by atoms with van der Waals surface area (Å²) in [4.78, 5) is 12.2. The molecular weight excluding hydrogens is 236 g/mol. The lowest BCUT2D eigenvalue weighted by Crippen LogP contribution is -2.07. The number of hydrogen-bond acceptors (Lipinski definition) is 2. The molecule has 100 valence electrons. The van der Waals surface area contributed by atoms with Gasteiger partial charge >= 0.3 is 0 Å². The Kier molecular flexibility index (Phi) is 3.84. The number of aryl methyl sites for hydroxylation is 2. The fourth-order valence-corrected chi connectivity index (χ4v) is 2.16. The number of hydrogen-bond donors (Lipinski definition) is 0. The SMILES string of the molecule is Cc1cc(C)cc(C(=O)Cc2ccn(C(C)C)n2)c1. The molecule has 3 nitrogen and oxygen atoms in total. The quantitative estimate of drug-likeness (QED) is 0.785. The molecule has 0 amide bonds. The van der Waals surface area contributed by atoms with Gasteiger partial charge in [0.25, 0.3) is 0 Å². The Hall–Kier alpha value is -1.90. The summed E-state index contributed by atoms with van der Waals surface area (Å²) in [6.07, 6.45) is 2.29. The van der Waals surface area contributed by atoms with Gasteiger partial charge in [-0.2, -0.15) is 5.10 Å².